The summed E-state index contributed by atoms with van der Waals surface area (Å²) >= 11 is 0. The van der Waals surface area contributed by atoms with Crippen LogP contribution in [0.4, 0.5) is 8.78 Å². The second-order valence-electron chi connectivity index (χ2n) is 6.53. The first-order chi connectivity index (χ1) is 14.0. The Labute approximate surface area is 164 Å². The zero-order chi connectivity index (χ0) is 20.4. The number of nitrogens with zero attached hydrogens (tertiary/aromatic N) is 3. The van der Waals surface area contributed by atoms with Crippen molar-refractivity contribution in [3.63, 3.8) is 0 Å². The maximum atomic E-state index is 13.5. The third-order valence-electron chi connectivity index (χ3n) is 4.37. The Balaban J connectivity index is 1.62. The largest absolute Gasteiger partial charge is 0.505 e. The minimum atomic E-state index is -0.715. The van der Waals surface area contributed by atoms with E-state index in [1.807, 2.05) is 24.3 Å². The van der Waals surface area contributed by atoms with Gasteiger partial charge in [-0.05, 0) is 35.4 Å². The minimum Gasteiger partial charge on any atom is -0.505 e. The first-order valence-corrected chi connectivity index (χ1v) is 8.80. The van der Waals surface area contributed by atoms with Crippen molar-refractivity contribution in [1.82, 2.24) is 15.1 Å². The summed E-state index contributed by atoms with van der Waals surface area (Å²) in [4.78, 5) is 16.5. The van der Waals surface area contributed by atoms with E-state index in [0.29, 0.717) is 5.69 Å². The van der Waals surface area contributed by atoms with Crippen molar-refractivity contribution < 1.29 is 13.9 Å². The van der Waals surface area contributed by atoms with Crippen molar-refractivity contribution in [2.45, 2.75) is 12.7 Å². The van der Waals surface area contributed by atoms with Gasteiger partial charge in [-0.3, -0.25) is 9.79 Å². The van der Waals surface area contributed by atoms with E-state index in [1.54, 1.807) is 0 Å². The lowest BCUT2D eigenvalue weighted by molar-refractivity contribution is 0.430. The molecule has 3 aromatic rings. The summed E-state index contributed by atoms with van der Waals surface area (Å²) in [6, 6.07) is 13.3. The number of rotatable bonds is 4. The normalized spacial score (nSPS) is 15.7. The van der Waals surface area contributed by atoms with Gasteiger partial charge in [-0.25, -0.2) is 13.5 Å². The Bertz CT molecular complexity index is 1170. The van der Waals surface area contributed by atoms with E-state index in [-0.39, 0.29) is 29.6 Å². The third-order valence-corrected chi connectivity index (χ3v) is 4.37. The van der Waals surface area contributed by atoms with Gasteiger partial charge in [0, 0.05) is 23.9 Å². The molecule has 29 heavy (non-hydrogen) atoms. The molecule has 1 unspecified atom stereocenters. The van der Waals surface area contributed by atoms with Crippen LogP contribution in [0.25, 0.3) is 11.3 Å². The summed E-state index contributed by atoms with van der Waals surface area (Å²) in [7, 11) is 0. The van der Waals surface area contributed by atoms with Crippen LogP contribution in [0.1, 0.15) is 17.3 Å². The fraction of sp³-hybridized carbons (Fsp3) is 0.0952. The molecule has 2 aromatic carbocycles. The maximum absolute atomic E-state index is 13.5. The van der Waals surface area contributed by atoms with Crippen LogP contribution in [0.2, 0.25) is 0 Å². The standard InChI is InChI=1S/C21H16F2N4O2/c22-16-7-15(8-17(23)9-16)19-4-5-20(29)27(26-19)12-13-2-1-3-14(6-13)21-24-10-18(28)11-25-21/h1-11,21,24,28H,12H2. The molecule has 0 radical (unpaired) electrons. The molecule has 6 nitrogen and oxygen atoms in total. The number of aliphatic hydroxyl groups excluding tert-OH is 1. The topological polar surface area (TPSA) is 79.5 Å². The molecule has 0 amide bonds. The van der Waals surface area contributed by atoms with Crippen LogP contribution in [-0.2, 0) is 6.54 Å². The molecule has 4 rings (SSSR count). The Morgan fingerprint density at radius 1 is 1.07 bits per heavy atom. The molecule has 0 saturated carbocycles. The van der Waals surface area contributed by atoms with E-state index in [1.165, 1.54) is 29.2 Å². The van der Waals surface area contributed by atoms with Crippen LogP contribution in [0.5, 0.6) is 0 Å². The van der Waals surface area contributed by atoms with E-state index in [9.17, 15) is 18.7 Å². The number of halogens is 2. The molecule has 146 valence electrons. The Morgan fingerprint density at radius 2 is 1.86 bits per heavy atom. The average molecular weight is 394 g/mol. The van der Waals surface area contributed by atoms with Gasteiger partial charge in [0.1, 0.15) is 23.6 Å². The molecular formula is C21H16F2N4O2. The van der Waals surface area contributed by atoms with Crippen molar-refractivity contribution >= 4 is 6.21 Å². The van der Waals surface area contributed by atoms with Gasteiger partial charge in [0.05, 0.1) is 18.5 Å². The first-order valence-electron chi connectivity index (χ1n) is 8.80. The van der Waals surface area contributed by atoms with E-state index < -0.39 is 11.6 Å². The molecule has 0 saturated heterocycles. The highest BCUT2D eigenvalue weighted by molar-refractivity contribution is 5.76. The fourth-order valence-corrected chi connectivity index (χ4v) is 3.03. The van der Waals surface area contributed by atoms with Gasteiger partial charge in [0.25, 0.3) is 5.56 Å². The average Bonchev–Trinajstić information content (AvgIpc) is 2.70. The lowest BCUT2D eigenvalue weighted by atomic mass is 10.1. The molecular weight excluding hydrogens is 378 g/mol. The Hall–Kier alpha value is -3.81. The Kier molecular flexibility index (Phi) is 4.90. The zero-order valence-electron chi connectivity index (χ0n) is 15.1. The smallest absolute Gasteiger partial charge is 0.267 e. The van der Waals surface area contributed by atoms with E-state index in [0.717, 1.165) is 29.3 Å². The van der Waals surface area contributed by atoms with Gasteiger partial charge in [-0.2, -0.15) is 5.10 Å². The van der Waals surface area contributed by atoms with Crippen molar-refractivity contribution in [3.8, 4) is 11.3 Å². The van der Waals surface area contributed by atoms with Gasteiger partial charge in [0.2, 0.25) is 0 Å². The van der Waals surface area contributed by atoms with Crippen LogP contribution in [0, 0.1) is 11.6 Å². The number of nitrogens with one attached hydrogen (secondary N) is 1. The molecule has 0 aliphatic carbocycles. The highest BCUT2D eigenvalue weighted by Gasteiger charge is 2.12. The van der Waals surface area contributed by atoms with Crippen molar-refractivity contribution in [2.24, 2.45) is 4.99 Å². The van der Waals surface area contributed by atoms with E-state index in [4.69, 9.17) is 0 Å². The van der Waals surface area contributed by atoms with Crippen LogP contribution in [0.15, 0.2) is 76.3 Å². The lowest BCUT2D eigenvalue weighted by Gasteiger charge is -2.17. The minimum absolute atomic E-state index is 0.0405. The number of benzene rings is 2. The molecule has 2 N–H and O–H groups in total. The van der Waals surface area contributed by atoms with E-state index in [2.05, 4.69) is 15.4 Å². The highest BCUT2D eigenvalue weighted by Crippen LogP contribution is 2.20. The van der Waals surface area contributed by atoms with Gasteiger partial charge >= 0.3 is 0 Å². The van der Waals surface area contributed by atoms with Crippen molar-refractivity contribution in [3.05, 3.63) is 99.7 Å². The quantitative estimate of drug-likeness (QED) is 0.712. The molecule has 0 bridgehead atoms. The predicted molar refractivity (Wildman–Crippen MR) is 104 cm³/mol. The SMILES string of the molecule is O=c1ccc(-c2cc(F)cc(F)c2)nn1Cc1cccc(C2N=CC(O)=CN2)c1. The van der Waals surface area contributed by atoms with Gasteiger partial charge in [-0.1, -0.05) is 18.2 Å². The number of allylic oxidation sites excluding steroid dienone is 1. The van der Waals surface area contributed by atoms with Gasteiger partial charge in [-0.15, -0.1) is 0 Å². The third kappa shape index (κ3) is 4.21. The summed E-state index contributed by atoms with van der Waals surface area (Å²) in [5, 5.41) is 16.6. The molecule has 0 spiro atoms. The Morgan fingerprint density at radius 3 is 2.59 bits per heavy atom. The number of aromatic nitrogens is 2. The molecule has 8 heteroatoms. The molecule has 2 heterocycles. The zero-order valence-corrected chi connectivity index (χ0v) is 15.1. The maximum Gasteiger partial charge on any atom is 0.267 e. The second-order valence-corrected chi connectivity index (χ2v) is 6.53. The molecule has 1 aliphatic heterocycles. The van der Waals surface area contributed by atoms with Crippen molar-refractivity contribution in [1.29, 1.82) is 0 Å². The van der Waals surface area contributed by atoms with Crippen LogP contribution >= 0.6 is 0 Å². The van der Waals surface area contributed by atoms with Gasteiger partial charge in [0.15, 0.2) is 0 Å². The molecule has 1 aromatic heterocycles. The predicted octanol–water partition coefficient (Wildman–Crippen LogP) is 3.31. The number of hydrogen-bond acceptors (Lipinski definition) is 5. The number of aliphatic imine (C=N–C) groups is 1. The van der Waals surface area contributed by atoms with E-state index >= 15 is 0 Å². The van der Waals surface area contributed by atoms with Gasteiger partial charge < -0.3 is 10.4 Å². The lowest BCUT2D eigenvalue weighted by Crippen LogP contribution is -2.23. The summed E-state index contributed by atoms with van der Waals surface area (Å²) < 4.78 is 28.3. The summed E-state index contributed by atoms with van der Waals surface area (Å²) in [6.45, 7) is 0.176. The number of hydrogen-bond donors (Lipinski definition) is 2. The summed E-state index contributed by atoms with van der Waals surface area (Å²) in [5.74, 6) is -1.39. The first kappa shape index (κ1) is 18.5. The van der Waals surface area contributed by atoms with Crippen LogP contribution in [0.3, 0.4) is 0 Å². The molecule has 1 aliphatic rings. The monoisotopic (exact) mass is 394 g/mol. The van der Waals surface area contributed by atoms with Crippen LogP contribution < -0.4 is 10.9 Å². The number of aliphatic hydroxyl groups is 1. The summed E-state index contributed by atoms with van der Waals surface area (Å²) in [5.41, 5.74) is 1.85. The van der Waals surface area contributed by atoms with Crippen LogP contribution in [-0.4, -0.2) is 21.1 Å². The fourth-order valence-electron chi connectivity index (χ4n) is 3.03. The second kappa shape index (κ2) is 7.67. The highest BCUT2D eigenvalue weighted by atomic mass is 19.1. The molecule has 1 atom stereocenters. The van der Waals surface area contributed by atoms with Crippen molar-refractivity contribution in [2.75, 3.05) is 0 Å². The summed E-state index contributed by atoms with van der Waals surface area (Å²) in [6.07, 6.45) is 2.47. The molecule has 0 fully saturated rings.